The predicted molar refractivity (Wildman–Crippen MR) is 92.4 cm³/mol. The predicted octanol–water partition coefficient (Wildman–Crippen LogP) is 3.46. The summed E-state index contributed by atoms with van der Waals surface area (Å²) in [6.45, 7) is 10.1. The molecule has 24 heavy (non-hydrogen) atoms. The van der Waals surface area contributed by atoms with Gasteiger partial charge >= 0.3 is 5.97 Å². The standard InChI is InChI=1S/C20H28O4/c1-12-7-5-8-13(2)11-15(21)16-14(3)19(22)23-17(16)18-20(4,24-18)10-6-9-12/h8-9,15-18,21H,3,5-7,10-11H2,1-2,4H3. The molecule has 5 atom stereocenters. The molecule has 0 aromatic heterocycles. The fraction of sp³-hybridized carbons (Fsp3) is 0.650. The molecule has 1 aliphatic carbocycles. The summed E-state index contributed by atoms with van der Waals surface area (Å²) in [5.74, 6) is -0.781. The molecule has 0 bridgehead atoms. The molecule has 0 saturated carbocycles. The van der Waals surface area contributed by atoms with Gasteiger partial charge in [-0.05, 0) is 52.9 Å². The van der Waals surface area contributed by atoms with Crippen LogP contribution in [-0.4, -0.2) is 35.0 Å². The lowest BCUT2D eigenvalue weighted by molar-refractivity contribution is -0.140. The van der Waals surface area contributed by atoms with Crippen molar-refractivity contribution in [3.8, 4) is 0 Å². The van der Waals surface area contributed by atoms with Crippen molar-refractivity contribution in [2.45, 2.75) is 76.8 Å². The van der Waals surface area contributed by atoms with E-state index in [1.165, 1.54) is 5.57 Å². The zero-order chi connectivity index (χ0) is 17.5. The van der Waals surface area contributed by atoms with Gasteiger partial charge in [0, 0.05) is 5.57 Å². The third-order valence-corrected chi connectivity index (χ3v) is 5.61. The van der Waals surface area contributed by atoms with Crippen molar-refractivity contribution < 1.29 is 19.4 Å². The first kappa shape index (κ1) is 17.4. The van der Waals surface area contributed by atoms with E-state index < -0.39 is 18.2 Å². The topological polar surface area (TPSA) is 59.1 Å². The van der Waals surface area contributed by atoms with Crippen LogP contribution >= 0.6 is 0 Å². The molecule has 3 rings (SSSR count). The molecule has 0 radical (unpaired) electrons. The number of ether oxygens (including phenoxy) is 2. The number of carbonyl (C=O) groups excluding carboxylic acids is 1. The highest BCUT2D eigenvalue weighted by atomic mass is 16.6. The van der Waals surface area contributed by atoms with E-state index in [1.54, 1.807) is 0 Å². The third-order valence-electron chi connectivity index (χ3n) is 5.61. The molecule has 2 fully saturated rings. The molecule has 3 aliphatic rings. The Labute approximate surface area is 144 Å². The first-order valence-corrected chi connectivity index (χ1v) is 8.89. The van der Waals surface area contributed by atoms with Gasteiger partial charge in [0.15, 0.2) is 0 Å². The third kappa shape index (κ3) is 3.35. The van der Waals surface area contributed by atoms with E-state index in [2.05, 4.69) is 32.6 Å². The van der Waals surface area contributed by atoms with Crippen molar-refractivity contribution in [1.82, 2.24) is 0 Å². The monoisotopic (exact) mass is 332 g/mol. The second kappa shape index (κ2) is 6.49. The second-order valence-electron chi connectivity index (χ2n) is 7.72. The first-order valence-electron chi connectivity index (χ1n) is 8.89. The van der Waals surface area contributed by atoms with Gasteiger partial charge in [-0.1, -0.05) is 29.9 Å². The summed E-state index contributed by atoms with van der Waals surface area (Å²) in [7, 11) is 0. The maximum Gasteiger partial charge on any atom is 0.334 e. The lowest BCUT2D eigenvalue weighted by Crippen LogP contribution is -2.35. The van der Waals surface area contributed by atoms with E-state index >= 15 is 0 Å². The van der Waals surface area contributed by atoms with Crippen LogP contribution in [0.3, 0.4) is 0 Å². The molecule has 5 unspecified atom stereocenters. The summed E-state index contributed by atoms with van der Waals surface area (Å²) >= 11 is 0. The van der Waals surface area contributed by atoms with E-state index in [4.69, 9.17) is 9.47 Å². The molecule has 132 valence electrons. The normalized spacial score (nSPS) is 40.7. The van der Waals surface area contributed by atoms with Gasteiger partial charge in [0.25, 0.3) is 0 Å². The summed E-state index contributed by atoms with van der Waals surface area (Å²) in [4.78, 5) is 12.0. The maximum absolute atomic E-state index is 12.0. The van der Waals surface area contributed by atoms with Crippen LogP contribution in [0.5, 0.6) is 0 Å². The summed E-state index contributed by atoms with van der Waals surface area (Å²) in [6, 6.07) is 0. The van der Waals surface area contributed by atoms with E-state index in [1.807, 2.05) is 6.92 Å². The highest BCUT2D eigenvalue weighted by molar-refractivity contribution is 5.91. The Morgan fingerprint density at radius 2 is 1.96 bits per heavy atom. The lowest BCUT2D eigenvalue weighted by Gasteiger charge is -2.23. The van der Waals surface area contributed by atoms with Gasteiger partial charge in [-0.3, -0.25) is 0 Å². The maximum atomic E-state index is 12.0. The van der Waals surface area contributed by atoms with Crippen molar-refractivity contribution in [1.29, 1.82) is 0 Å². The van der Waals surface area contributed by atoms with E-state index in [0.717, 1.165) is 31.3 Å². The zero-order valence-corrected chi connectivity index (χ0v) is 14.9. The van der Waals surface area contributed by atoms with Crippen LogP contribution in [0.4, 0.5) is 0 Å². The Morgan fingerprint density at radius 1 is 1.25 bits per heavy atom. The smallest absolute Gasteiger partial charge is 0.334 e. The van der Waals surface area contributed by atoms with E-state index in [0.29, 0.717) is 12.0 Å². The SMILES string of the molecule is C=C1C(=O)OC2C1C(O)CC(C)=CCCC(C)=CCCC1(C)OC21. The highest BCUT2D eigenvalue weighted by Gasteiger charge is 2.62. The molecule has 0 aromatic carbocycles. The molecular weight excluding hydrogens is 304 g/mol. The Hall–Kier alpha value is -1.39. The summed E-state index contributed by atoms with van der Waals surface area (Å²) < 4.78 is 11.5. The molecule has 2 heterocycles. The van der Waals surface area contributed by atoms with Crippen LogP contribution in [0.1, 0.15) is 52.9 Å². The summed E-state index contributed by atoms with van der Waals surface area (Å²) in [5, 5.41) is 10.7. The van der Waals surface area contributed by atoms with Crippen molar-refractivity contribution in [3.05, 3.63) is 35.5 Å². The van der Waals surface area contributed by atoms with Crippen molar-refractivity contribution in [2.24, 2.45) is 5.92 Å². The highest BCUT2D eigenvalue weighted by Crippen LogP contribution is 2.49. The first-order chi connectivity index (χ1) is 11.3. The van der Waals surface area contributed by atoms with Gasteiger partial charge in [-0.25, -0.2) is 4.79 Å². The number of esters is 1. The number of hydrogen-bond donors (Lipinski definition) is 1. The molecule has 2 aliphatic heterocycles. The van der Waals surface area contributed by atoms with E-state index in [9.17, 15) is 9.90 Å². The van der Waals surface area contributed by atoms with Crippen molar-refractivity contribution in [2.75, 3.05) is 0 Å². The Kier molecular flexibility index (Phi) is 4.71. The number of aliphatic hydroxyl groups excluding tert-OH is 1. The molecular formula is C20H28O4. The number of carbonyl (C=O) groups is 1. The van der Waals surface area contributed by atoms with Crippen molar-refractivity contribution >= 4 is 5.97 Å². The van der Waals surface area contributed by atoms with Crippen LogP contribution in [0, 0.1) is 5.92 Å². The Balaban J connectivity index is 1.85. The molecule has 4 heteroatoms. The van der Waals surface area contributed by atoms with Crippen LogP contribution in [0.25, 0.3) is 0 Å². The largest absolute Gasteiger partial charge is 0.455 e. The summed E-state index contributed by atoms with van der Waals surface area (Å²) in [6.07, 6.45) is 7.61. The average Bonchev–Trinajstić information content (AvgIpc) is 3.07. The average molecular weight is 332 g/mol. The molecule has 0 spiro atoms. The minimum absolute atomic E-state index is 0.152. The molecule has 1 N–H and O–H groups in total. The second-order valence-corrected chi connectivity index (χ2v) is 7.72. The lowest BCUT2D eigenvalue weighted by atomic mass is 9.83. The van der Waals surface area contributed by atoms with Crippen LogP contribution in [-0.2, 0) is 14.3 Å². The van der Waals surface area contributed by atoms with Crippen LogP contribution < -0.4 is 0 Å². The van der Waals surface area contributed by atoms with Gasteiger partial charge in [-0.15, -0.1) is 0 Å². The van der Waals surface area contributed by atoms with Crippen LogP contribution in [0.15, 0.2) is 35.5 Å². The van der Waals surface area contributed by atoms with E-state index in [-0.39, 0.29) is 17.6 Å². The number of rotatable bonds is 0. The zero-order valence-electron chi connectivity index (χ0n) is 14.9. The number of fused-ring (bicyclic) bond motifs is 3. The van der Waals surface area contributed by atoms with Gasteiger partial charge in [0.2, 0.25) is 0 Å². The van der Waals surface area contributed by atoms with Gasteiger partial charge in [0.05, 0.1) is 17.6 Å². The number of allylic oxidation sites excluding steroid dienone is 3. The van der Waals surface area contributed by atoms with Gasteiger partial charge < -0.3 is 14.6 Å². The quantitative estimate of drug-likeness (QED) is 0.319. The van der Waals surface area contributed by atoms with Gasteiger partial charge in [0.1, 0.15) is 12.2 Å². The Bertz CT molecular complexity index is 603. The van der Waals surface area contributed by atoms with Crippen LogP contribution in [0.2, 0.25) is 0 Å². The minimum Gasteiger partial charge on any atom is -0.455 e. The van der Waals surface area contributed by atoms with Gasteiger partial charge in [-0.2, -0.15) is 0 Å². The Morgan fingerprint density at radius 3 is 2.71 bits per heavy atom. The molecule has 2 saturated heterocycles. The number of epoxide rings is 1. The molecule has 0 aromatic rings. The minimum atomic E-state index is -0.668. The number of aliphatic hydroxyl groups is 1. The fourth-order valence-electron chi connectivity index (χ4n) is 3.97. The molecule has 0 amide bonds. The molecule has 4 nitrogen and oxygen atoms in total. The fourth-order valence-corrected chi connectivity index (χ4v) is 3.97. The van der Waals surface area contributed by atoms with Crippen molar-refractivity contribution in [3.63, 3.8) is 0 Å². The number of hydrogen-bond acceptors (Lipinski definition) is 4. The summed E-state index contributed by atoms with van der Waals surface area (Å²) in [5.41, 5.74) is 2.62.